The third-order valence-electron chi connectivity index (χ3n) is 5.14. The van der Waals surface area contributed by atoms with Crippen LogP contribution in [0.5, 0.6) is 0 Å². The molecule has 28 heavy (non-hydrogen) atoms. The maximum atomic E-state index is 11.9. The summed E-state index contributed by atoms with van der Waals surface area (Å²) in [7, 11) is 0. The first-order chi connectivity index (χ1) is 13.4. The van der Waals surface area contributed by atoms with Crippen molar-refractivity contribution in [1.29, 1.82) is 0 Å². The lowest BCUT2D eigenvalue weighted by atomic mass is 9.99. The molecule has 1 aliphatic rings. The Hall–Kier alpha value is -0.770. The fourth-order valence-electron chi connectivity index (χ4n) is 3.33. The molecule has 6 atom stereocenters. The summed E-state index contributed by atoms with van der Waals surface area (Å²) in [6, 6.07) is 0. The summed E-state index contributed by atoms with van der Waals surface area (Å²) in [5.74, 6) is -0.771. The van der Waals surface area contributed by atoms with Crippen molar-refractivity contribution in [1.82, 2.24) is 0 Å². The number of unbranched alkanes of at least 4 members (excludes halogenated alkanes) is 8. The number of aliphatic hydroxyl groups excluding tert-OH is 5. The highest BCUT2D eigenvalue weighted by Gasteiger charge is 2.45. The molecule has 166 valence electrons. The van der Waals surface area contributed by atoms with Crippen molar-refractivity contribution < 1.29 is 39.8 Å². The highest BCUT2D eigenvalue weighted by Crippen LogP contribution is 2.22. The quantitative estimate of drug-likeness (QED) is 0.213. The summed E-state index contributed by atoms with van der Waals surface area (Å²) in [6.07, 6.45) is 2.53. The third-order valence-corrected chi connectivity index (χ3v) is 5.14. The van der Waals surface area contributed by atoms with Crippen LogP contribution in [0.2, 0.25) is 0 Å². The van der Waals surface area contributed by atoms with E-state index in [2.05, 4.69) is 6.92 Å². The van der Waals surface area contributed by atoms with E-state index >= 15 is 0 Å². The summed E-state index contributed by atoms with van der Waals surface area (Å²) < 4.78 is 10.1. The second kappa shape index (κ2) is 14.3. The summed E-state index contributed by atoms with van der Waals surface area (Å²) in [5.41, 5.74) is 0. The average Bonchev–Trinajstić information content (AvgIpc) is 2.67. The average molecular weight is 407 g/mol. The van der Waals surface area contributed by atoms with E-state index in [4.69, 9.17) is 14.6 Å². The van der Waals surface area contributed by atoms with E-state index in [1.807, 2.05) is 0 Å². The monoisotopic (exact) mass is 406 g/mol. The lowest BCUT2D eigenvalue weighted by Crippen LogP contribution is -2.59. The Balaban J connectivity index is 2.17. The fraction of sp³-hybridized carbons (Fsp3) is 0.950. The second-order valence-electron chi connectivity index (χ2n) is 7.66. The second-order valence-corrected chi connectivity index (χ2v) is 7.66. The van der Waals surface area contributed by atoms with Gasteiger partial charge in [-0.05, 0) is 6.42 Å². The van der Waals surface area contributed by atoms with Crippen LogP contribution >= 0.6 is 0 Å². The van der Waals surface area contributed by atoms with E-state index in [-0.39, 0.29) is 6.42 Å². The highest BCUT2D eigenvalue weighted by atomic mass is 16.7. The topological polar surface area (TPSA) is 137 Å². The first-order valence-electron chi connectivity index (χ1n) is 10.6. The number of aliphatic hydroxyl groups is 5. The van der Waals surface area contributed by atoms with Crippen LogP contribution in [-0.2, 0) is 14.3 Å². The molecule has 0 spiro atoms. The third kappa shape index (κ3) is 9.15. The predicted molar refractivity (Wildman–Crippen MR) is 102 cm³/mol. The van der Waals surface area contributed by atoms with Crippen LogP contribution in [0.3, 0.4) is 0 Å². The van der Waals surface area contributed by atoms with Crippen LogP contribution in [0, 0.1) is 0 Å². The van der Waals surface area contributed by atoms with E-state index in [9.17, 15) is 25.2 Å². The Bertz CT molecular complexity index is 417. The van der Waals surface area contributed by atoms with E-state index in [0.717, 1.165) is 19.3 Å². The van der Waals surface area contributed by atoms with Crippen LogP contribution < -0.4 is 0 Å². The van der Waals surface area contributed by atoms with Gasteiger partial charge in [0.05, 0.1) is 19.1 Å². The molecule has 0 radical (unpaired) electrons. The summed E-state index contributed by atoms with van der Waals surface area (Å²) in [6.45, 7) is 1.60. The predicted octanol–water partition coefficient (Wildman–Crippen LogP) is 1.00. The SMILES string of the molecule is CCCCCCCCCCCC(O)CC(=O)O[C@@H]1O[C@H](CO)[C@@H](O)[C@H](O)[C@H]1O. The first-order valence-corrected chi connectivity index (χ1v) is 10.6. The molecule has 1 aliphatic heterocycles. The van der Waals surface area contributed by atoms with Gasteiger partial charge in [0.25, 0.3) is 0 Å². The Morgan fingerprint density at radius 2 is 1.50 bits per heavy atom. The number of rotatable bonds is 14. The maximum Gasteiger partial charge on any atom is 0.310 e. The molecule has 1 heterocycles. The lowest BCUT2D eigenvalue weighted by Gasteiger charge is -2.39. The van der Waals surface area contributed by atoms with Gasteiger partial charge in [-0.2, -0.15) is 0 Å². The minimum absolute atomic E-state index is 0.244. The first kappa shape index (κ1) is 25.3. The molecule has 1 fully saturated rings. The van der Waals surface area contributed by atoms with Gasteiger partial charge in [-0.3, -0.25) is 4.79 Å². The van der Waals surface area contributed by atoms with Crippen molar-refractivity contribution in [3.63, 3.8) is 0 Å². The molecule has 1 unspecified atom stereocenters. The van der Waals surface area contributed by atoms with Gasteiger partial charge < -0.3 is 35.0 Å². The Kier molecular flexibility index (Phi) is 12.9. The van der Waals surface area contributed by atoms with Gasteiger partial charge in [-0.25, -0.2) is 0 Å². The minimum atomic E-state index is -1.63. The van der Waals surface area contributed by atoms with Crippen LogP contribution in [0.1, 0.15) is 77.6 Å². The number of hydrogen-bond donors (Lipinski definition) is 5. The lowest BCUT2D eigenvalue weighted by molar-refractivity contribution is -0.293. The number of ether oxygens (including phenoxy) is 2. The number of carbonyl (C=O) groups excluding carboxylic acids is 1. The molecule has 1 rings (SSSR count). The van der Waals surface area contributed by atoms with Crippen LogP contribution in [-0.4, -0.2) is 74.9 Å². The Morgan fingerprint density at radius 3 is 2.07 bits per heavy atom. The summed E-state index contributed by atoms with van der Waals surface area (Å²) in [5, 5.41) is 48.3. The van der Waals surface area contributed by atoms with E-state index in [0.29, 0.717) is 6.42 Å². The standard InChI is InChI=1S/C20H38O8/c1-2-3-4-5-6-7-8-9-10-11-14(22)12-16(23)28-20-19(26)18(25)17(24)15(13-21)27-20/h14-15,17-22,24-26H,2-13H2,1H3/t14?,15-,17-,18+,19-,20+/m1/s1. The van der Waals surface area contributed by atoms with Crippen molar-refractivity contribution in [2.24, 2.45) is 0 Å². The normalized spacial score (nSPS) is 28.9. The zero-order chi connectivity index (χ0) is 20.9. The molecule has 5 N–H and O–H groups in total. The van der Waals surface area contributed by atoms with Crippen LogP contribution in [0.4, 0.5) is 0 Å². The molecule has 8 nitrogen and oxygen atoms in total. The molecule has 0 aromatic rings. The molecule has 1 saturated heterocycles. The van der Waals surface area contributed by atoms with E-state index in [1.54, 1.807) is 0 Å². The molecule has 0 amide bonds. The van der Waals surface area contributed by atoms with Crippen molar-refractivity contribution in [2.45, 2.75) is 114 Å². The minimum Gasteiger partial charge on any atom is -0.433 e. The molecular weight excluding hydrogens is 368 g/mol. The van der Waals surface area contributed by atoms with Crippen LogP contribution in [0.15, 0.2) is 0 Å². The number of esters is 1. The molecule has 0 aromatic carbocycles. The van der Waals surface area contributed by atoms with Gasteiger partial charge >= 0.3 is 5.97 Å². The number of hydrogen-bond acceptors (Lipinski definition) is 8. The number of carbonyl (C=O) groups is 1. The van der Waals surface area contributed by atoms with Crippen molar-refractivity contribution in [3.8, 4) is 0 Å². The Labute approximate surface area is 167 Å². The molecule has 0 aliphatic carbocycles. The smallest absolute Gasteiger partial charge is 0.310 e. The summed E-state index contributed by atoms with van der Waals surface area (Å²) in [4.78, 5) is 11.9. The zero-order valence-electron chi connectivity index (χ0n) is 16.9. The molecule has 0 saturated carbocycles. The molecule has 8 heteroatoms. The Morgan fingerprint density at radius 1 is 0.929 bits per heavy atom. The van der Waals surface area contributed by atoms with E-state index < -0.39 is 49.4 Å². The summed E-state index contributed by atoms with van der Waals surface area (Å²) >= 11 is 0. The van der Waals surface area contributed by atoms with Crippen molar-refractivity contribution in [2.75, 3.05) is 6.61 Å². The fourth-order valence-corrected chi connectivity index (χ4v) is 3.33. The maximum absolute atomic E-state index is 11.9. The molecule has 0 bridgehead atoms. The van der Waals surface area contributed by atoms with Gasteiger partial charge in [0.2, 0.25) is 6.29 Å². The molecular formula is C20H38O8. The highest BCUT2D eigenvalue weighted by molar-refractivity contribution is 5.70. The van der Waals surface area contributed by atoms with Crippen molar-refractivity contribution >= 4 is 5.97 Å². The van der Waals surface area contributed by atoms with Gasteiger partial charge in [0, 0.05) is 0 Å². The van der Waals surface area contributed by atoms with E-state index in [1.165, 1.54) is 38.5 Å². The molecule has 0 aromatic heterocycles. The van der Waals surface area contributed by atoms with Gasteiger partial charge in [-0.15, -0.1) is 0 Å². The largest absolute Gasteiger partial charge is 0.433 e. The van der Waals surface area contributed by atoms with Gasteiger partial charge in [-0.1, -0.05) is 64.7 Å². The van der Waals surface area contributed by atoms with Gasteiger partial charge in [0.15, 0.2) is 0 Å². The van der Waals surface area contributed by atoms with Crippen molar-refractivity contribution in [3.05, 3.63) is 0 Å². The van der Waals surface area contributed by atoms with Crippen LogP contribution in [0.25, 0.3) is 0 Å². The zero-order valence-corrected chi connectivity index (χ0v) is 16.9. The van der Waals surface area contributed by atoms with Gasteiger partial charge in [0.1, 0.15) is 24.4 Å².